The first-order valence-corrected chi connectivity index (χ1v) is 10.9. The minimum Gasteiger partial charge on any atom is -0.348 e. The molecule has 9 nitrogen and oxygen atoms in total. The van der Waals surface area contributed by atoms with Gasteiger partial charge in [-0.3, -0.25) is 34.3 Å². The van der Waals surface area contributed by atoms with Crippen LogP contribution in [0.3, 0.4) is 0 Å². The average molecular weight is 433 g/mol. The summed E-state index contributed by atoms with van der Waals surface area (Å²) in [4.78, 5) is 53.8. The van der Waals surface area contributed by atoms with Crippen molar-refractivity contribution in [2.24, 2.45) is 0 Å². The van der Waals surface area contributed by atoms with Crippen LogP contribution in [0.5, 0.6) is 0 Å². The van der Waals surface area contributed by atoms with E-state index in [9.17, 15) is 19.2 Å². The van der Waals surface area contributed by atoms with Crippen LogP contribution in [0.4, 0.5) is 0 Å². The second-order valence-corrected chi connectivity index (χ2v) is 8.93. The molecule has 1 atom stereocenters. The number of hydrogen-bond acceptors (Lipinski definition) is 6. The Hall–Kier alpha value is -3.30. The van der Waals surface area contributed by atoms with Crippen LogP contribution in [0.1, 0.15) is 44.8 Å². The highest BCUT2D eigenvalue weighted by molar-refractivity contribution is 6.24. The molecular formula is C23H23N5O4. The number of hydrogen-bond donors (Lipinski definition) is 2. The van der Waals surface area contributed by atoms with Crippen molar-refractivity contribution in [3.63, 3.8) is 0 Å². The van der Waals surface area contributed by atoms with Gasteiger partial charge in [0, 0.05) is 51.0 Å². The molecule has 9 heteroatoms. The number of amides is 4. The highest BCUT2D eigenvalue weighted by Crippen LogP contribution is 2.38. The number of piperidine rings is 1. The quantitative estimate of drug-likeness (QED) is 0.671. The van der Waals surface area contributed by atoms with Crippen molar-refractivity contribution in [3.05, 3.63) is 58.9 Å². The number of carbonyl (C=O) groups is 4. The largest absolute Gasteiger partial charge is 0.348 e. The first-order valence-electron chi connectivity index (χ1n) is 10.9. The summed E-state index contributed by atoms with van der Waals surface area (Å²) in [5.74, 6) is -1.88. The number of fused-ring (bicyclic) bond motifs is 3. The summed E-state index contributed by atoms with van der Waals surface area (Å²) in [6, 6.07) is 8.61. The molecule has 2 fully saturated rings. The van der Waals surface area contributed by atoms with E-state index >= 15 is 0 Å². The molecule has 0 radical (unpaired) electrons. The molecule has 1 unspecified atom stereocenters. The molecular weight excluding hydrogens is 410 g/mol. The third kappa shape index (κ3) is 2.58. The Bertz CT molecular complexity index is 1180. The Kier molecular flexibility index (Phi) is 4.15. The zero-order valence-corrected chi connectivity index (χ0v) is 17.5. The zero-order valence-electron chi connectivity index (χ0n) is 17.5. The molecule has 4 aliphatic rings. The van der Waals surface area contributed by atoms with Gasteiger partial charge in [0.15, 0.2) is 0 Å². The summed E-state index contributed by atoms with van der Waals surface area (Å²) in [6.45, 7) is 3.92. The Morgan fingerprint density at radius 3 is 2.59 bits per heavy atom. The van der Waals surface area contributed by atoms with Gasteiger partial charge in [-0.25, -0.2) is 0 Å². The maximum Gasteiger partial charge on any atom is 0.262 e. The van der Waals surface area contributed by atoms with E-state index in [1.165, 1.54) is 5.69 Å². The molecule has 1 aromatic carbocycles. The summed E-state index contributed by atoms with van der Waals surface area (Å²) in [6.07, 6.45) is 2.37. The maximum absolute atomic E-state index is 13.4. The molecule has 0 saturated carbocycles. The van der Waals surface area contributed by atoms with E-state index in [2.05, 4.69) is 38.4 Å². The number of imide groups is 2. The number of nitrogens with zero attached hydrogens (tertiary/aromatic N) is 3. The Morgan fingerprint density at radius 1 is 1.00 bits per heavy atom. The Labute approximate surface area is 184 Å². The van der Waals surface area contributed by atoms with Gasteiger partial charge < -0.3 is 9.88 Å². The van der Waals surface area contributed by atoms with Crippen LogP contribution in [0.15, 0.2) is 36.5 Å². The van der Waals surface area contributed by atoms with Gasteiger partial charge >= 0.3 is 0 Å². The van der Waals surface area contributed by atoms with Crippen molar-refractivity contribution in [2.75, 3.05) is 19.6 Å². The molecule has 2 N–H and O–H groups in total. The molecule has 164 valence electrons. The lowest BCUT2D eigenvalue weighted by Gasteiger charge is -2.53. The second kappa shape index (κ2) is 6.85. The maximum atomic E-state index is 13.4. The summed E-state index contributed by atoms with van der Waals surface area (Å²) >= 11 is 0. The van der Waals surface area contributed by atoms with Gasteiger partial charge in [0.25, 0.3) is 11.8 Å². The van der Waals surface area contributed by atoms with E-state index in [0.717, 1.165) is 36.6 Å². The SMILES string of the molecule is O=C1CCC(N2C(=O)c3cccc(CN4CCn5cccc5C45CNC5)c3C2=O)C(=O)N1. The minimum atomic E-state index is -0.951. The first-order chi connectivity index (χ1) is 15.5. The molecule has 2 aromatic rings. The van der Waals surface area contributed by atoms with Crippen LogP contribution >= 0.6 is 0 Å². The molecule has 0 aliphatic carbocycles. The number of rotatable bonds is 3. The minimum absolute atomic E-state index is 0.111. The fourth-order valence-corrected chi connectivity index (χ4v) is 5.56. The molecule has 0 bridgehead atoms. The van der Waals surface area contributed by atoms with E-state index in [0.29, 0.717) is 17.7 Å². The van der Waals surface area contributed by atoms with Gasteiger partial charge in [0.1, 0.15) is 6.04 Å². The van der Waals surface area contributed by atoms with Crippen LogP contribution in [-0.4, -0.2) is 63.7 Å². The highest BCUT2D eigenvalue weighted by atomic mass is 16.2. The smallest absolute Gasteiger partial charge is 0.262 e. The topological polar surface area (TPSA) is 104 Å². The summed E-state index contributed by atoms with van der Waals surface area (Å²) in [5, 5.41) is 5.63. The Balaban J connectivity index is 1.33. The van der Waals surface area contributed by atoms with Gasteiger partial charge in [-0.2, -0.15) is 0 Å². The van der Waals surface area contributed by atoms with Crippen LogP contribution in [-0.2, 0) is 28.2 Å². The van der Waals surface area contributed by atoms with E-state index < -0.39 is 23.8 Å². The first kappa shape index (κ1) is 19.4. The highest BCUT2D eigenvalue weighted by Gasteiger charge is 2.49. The Morgan fingerprint density at radius 2 is 1.84 bits per heavy atom. The molecule has 6 rings (SSSR count). The lowest BCUT2D eigenvalue weighted by Crippen LogP contribution is -2.68. The molecule has 5 heterocycles. The van der Waals surface area contributed by atoms with Crippen LogP contribution < -0.4 is 10.6 Å². The number of benzene rings is 1. The van der Waals surface area contributed by atoms with Gasteiger partial charge in [-0.1, -0.05) is 12.1 Å². The van der Waals surface area contributed by atoms with E-state index in [1.54, 1.807) is 12.1 Å². The predicted octanol–water partition coefficient (Wildman–Crippen LogP) is 0.204. The van der Waals surface area contributed by atoms with Crippen molar-refractivity contribution in [1.82, 2.24) is 25.0 Å². The number of nitrogens with one attached hydrogen (secondary N) is 2. The fourth-order valence-electron chi connectivity index (χ4n) is 5.56. The van der Waals surface area contributed by atoms with E-state index in [-0.39, 0.29) is 24.3 Å². The molecule has 2 saturated heterocycles. The van der Waals surface area contributed by atoms with Crippen molar-refractivity contribution in [1.29, 1.82) is 0 Å². The lowest BCUT2D eigenvalue weighted by atomic mass is 9.84. The van der Waals surface area contributed by atoms with E-state index in [4.69, 9.17) is 0 Å². The molecule has 32 heavy (non-hydrogen) atoms. The fraction of sp³-hybridized carbons (Fsp3) is 0.391. The average Bonchev–Trinajstić information content (AvgIpc) is 3.31. The van der Waals surface area contributed by atoms with Crippen molar-refractivity contribution in [3.8, 4) is 0 Å². The summed E-state index contributed by atoms with van der Waals surface area (Å²) in [5.41, 5.74) is 2.65. The lowest BCUT2D eigenvalue weighted by molar-refractivity contribution is -0.136. The van der Waals surface area contributed by atoms with Gasteiger partial charge in [-0.05, 0) is 30.2 Å². The van der Waals surface area contributed by atoms with Gasteiger partial charge in [0.05, 0.1) is 16.7 Å². The molecule has 4 aliphatic heterocycles. The summed E-state index contributed by atoms with van der Waals surface area (Å²) < 4.78 is 2.28. The number of aromatic nitrogens is 1. The monoisotopic (exact) mass is 433 g/mol. The van der Waals surface area contributed by atoms with Crippen LogP contribution in [0, 0.1) is 0 Å². The zero-order chi connectivity index (χ0) is 22.0. The van der Waals surface area contributed by atoms with Crippen molar-refractivity contribution in [2.45, 2.75) is 37.5 Å². The van der Waals surface area contributed by atoms with Crippen molar-refractivity contribution < 1.29 is 19.2 Å². The molecule has 1 spiro atoms. The van der Waals surface area contributed by atoms with Gasteiger partial charge in [0.2, 0.25) is 11.8 Å². The normalized spacial score (nSPS) is 24.4. The number of carbonyl (C=O) groups excluding carboxylic acids is 4. The predicted molar refractivity (Wildman–Crippen MR) is 113 cm³/mol. The standard InChI is InChI=1S/C23H23N5O4/c29-18-7-6-16(20(30)25-18)28-21(31)15-4-1-3-14(19(15)22(28)32)11-27-10-9-26-8-2-5-17(26)23(27)12-24-13-23/h1-5,8,16,24H,6-7,9-13H2,(H,25,29,30). The second-order valence-electron chi connectivity index (χ2n) is 8.93. The van der Waals surface area contributed by atoms with E-state index in [1.807, 2.05) is 6.07 Å². The van der Waals surface area contributed by atoms with Crippen LogP contribution in [0.2, 0.25) is 0 Å². The third-order valence-electron chi connectivity index (χ3n) is 7.27. The van der Waals surface area contributed by atoms with Crippen molar-refractivity contribution >= 4 is 23.6 Å². The molecule has 1 aromatic heterocycles. The summed E-state index contributed by atoms with van der Waals surface area (Å²) in [7, 11) is 0. The third-order valence-corrected chi connectivity index (χ3v) is 7.27. The van der Waals surface area contributed by atoms with Crippen LogP contribution in [0.25, 0.3) is 0 Å². The molecule has 4 amide bonds. The van der Waals surface area contributed by atoms with Gasteiger partial charge in [-0.15, -0.1) is 0 Å².